The fraction of sp³-hybridized carbons (Fsp3) is 0.154. The zero-order valence-corrected chi connectivity index (χ0v) is 19.0. The average molecular weight is 479 g/mol. The van der Waals surface area contributed by atoms with Crippen molar-refractivity contribution in [1.29, 1.82) is 0 Å². The lowest BCUT2D eigenvalue weighted by Gasteiger charge is -2.07. The van der Waals surface area contributed by atoms with Gasteiger partial charge in [0.2, 0.25) is 0 Å². The van der Waals surface area contributed by atoms with E-state index in [1.165, 1.54) is 0 Å². The maximum Gasteiger partial charge on any atom is 0.697 e. The van der Waals surface area contributed by atoms with Crippen LogP contribution in [0.15, 0.2) is 97.3 Å². The van der Waals surface area contributed by atoms with Crippen LogP contribution in [0.4, 0.5) is 8.78 Å². The van der Waals surface area contributed by atoms with Crippen LogP contribution in [0.25, 0.3) is 22.5 Å². The van der Waals surface area contributed by atoms with E-state index in [2.05, 4.69) is 9.97 Å². The first-order chi connectivity index (χ1) is 16.6. The van der Waals surface area contributed by atoms with Crippen molar-refractivity contribution in [2.45, 2.75) is 12.3 Å². The van der Waals surface area contributed by atoms with Gasteiger partial charge in [0.25, 0.3) is 0 Å². The van der Waals surface area contributed by atoms with Gasteiger partial charge in [0, 0.05) is 28.1 Å². The van der Waals surface area contributed by atoms with Crippen molar-refractivity contribution in [3.05, 3.63) is 108 Å². The fourth-order valence-electron chi connectivity index (χ4n) is 3.27. The van der Waals surface area contributed by atoms with Gasteiger partial charge in [-0.25, -0.2) is 8.78 Å². The second-order valence-electron chi connectivity index (χ2n) is 7.42. The van der Waals surface area contributed by atoms with Crippen molar-refractivity contribution >= 4 is 8.25 Å². The molecular formula is C26H22F2N2O3P+. The number of halogens is 2. The van der Waals surface area contributed by atoms with E-state index in [1.807, 2.05) is 36.4 Å². The first-order valence-corrected chi connectivity index (χ1v) is 11.7. The number of rotatable bonds is 10. The second-order valence-corrected chi connectivity index (χ2v) is 8.39. The quantitative estimate of drug-likeness (QED) is 0.225. The van der Waals surface area contributed by atoms with E-state index in [4.69, 9.17) is 9.05 Å². The van der Waals surface area contributed by atoms with Crippen LogP contribution >= 0.6 is 8.25 Å². The number of pyridine rings is 2. The zero-order valence-electron chi connectivity index (χ0n) is 18.1. The summed E-state index contributed by atoms with van der Waals surface area (Å²) in [6, 6.07) is 24.6. The Balaban J connectivity index is 1.23. The van der Waals surface area contributed by atoms with Gasteiger partial charge < -0.3 is 0 Å². The molecule has 2 unspecified atom stereocenters. The molecule has 2 atom stereocenters. The number of alkyl halides is 2. The molecule has 8 heteroatoms. The first kappa shape index (κ1) is 23.8. The van der Waals surface area contributed by atoms with Crippen molar-refractivity contribution in [2.24, 2.45) is 0 Å². The second kappa shape index (κ2) is 11.7. The molecule has 2 aromatic carbocycles. The minimum atomic E-state index is -2.66. The lowest BCUT2D eigenvalue weighted by molar-refractivity contribution is 0.144. The van der Waals surface area contributed by atoms with Crippen LogP contribution in [0.1, 0.15) is 23.5 Å². The first-order valence-electron chi connectivity index (χ1n) is 10.6. The Kier molecular flexibility index (Phi) is 8.15. The molecule has 0 saturated heterocycles. The van der Waals surface area contributed by atoms with Crippen LogP contribution in [0.2, 0.25) is 0 Å². The highest BCUT2D eigenvalue weighted by Crippen LogP contribution is 2.32. The third kappa shape index (κ3) is 6.35. The number of hydrogen-bond donors (Lipinski definition) is 0. The van der Waals surface area contributed by atoms with E-state index in [1.54, 1.807) is 60.9 Å². The maximum absolute atomic E-state index is 14.5. The number of aromatic nitrogens is 2. The minimum absolute atomic E-state index is 0.374. The largest absolute Gasteiger partial charge is 0.697 e. The van der Waals surface area contributed by atoms with E-state index in [0.29, 0.717) is 11.1 Å². The molecule has 0 aliphatic heterocycles. The Bertz CT molecular complexity index is 1100. The summed E-state index contributed by atoms with van der Waals surface area (Å²) in [7, 11) is -2.66. The number of nitrogens with zero attached hydrogens (tertiary/aromatic N) is 2. The van der Waals surface area contributed by atoms with Crippen molar-refractivity contribution in [3.63, 3.8) is 0 Å². The molecule has 0 N–H and O–H groups in total. The maximum atomic E-state index is 14.5. The van der Waals surface area contributed by atoms with Gasteiger partial charge in [0.05, 0.1) is 11.4 Å². The number of benzene rings is 2. The van der Waals surface area contributed by atoms with E-state index in [-0.39, 0.29) is 0 Å². The number of hydrogen-bond acceptors (Lipinski definition) is 5. The van der Waals surface area contributed by atoms with E-state index >= 15 is 0 Å². The molecule has 0 fully saturated rings. The van der Waals surface area contributed by atoms with Gasteiger partial charge in [-0.3, -0.25) is 9.97 Å². The van der Waals surface area contributed by atoms with Crippen LogP contribution in [-0.4, -0.2) is 23.2 Å². The summed E-state index contributed by atoms with van der Waals surface area (Å²) < 4.78 is 50.8. The average Bonchev–Trinajstić information content (AvgIpc) is 2.91. The standard InChI is InChI=1S/C26H22F2N2O3P/c27-23(19-7-11-21(12-8-19)25-5-1-3-15-29-25)17-32-34(31)33-18-24(28)20-9-13-22(14-10-20)26-6-2-4-16-30-26/h1-16,23-24H,17-18H2/q+1. The molecule has 0 spiro atoms. The third-order valence-electron chi connectivity index (χ3n) is 5.12. The van der Waals surface area contributed by atoms with Gasteiger partial charge in [0.1, 0.15) is 13.2 Å². The smallest absolute Gasteiger partial charge is 0.256 e. The highest BCUT2D eigenvalue weighted by atomic mass is 31.1. The molecule has 5 nitrogen and oxygen atoms in total. The van der Waals surface area contributed by atoms with Gasteiger partial charge in [0.15, 0.2) is 12.3 Å². The molecule has 0 aliphatic carbocycles. The summed E-state index contributed by atoms with van der Waals surface area (Å²) in [6.07, 6.45) is 0.372. The summed E-state index contributed by atoms with van der Waals surface area (Å²) in [5, 5.41) is 0. The van der Waals surface area contributed by atoms with Crippen molar-refractivity contribution in [3.8, 4) is 22.5 Å². The van der Waals surface area contributed by atoms with E-state index in [9.17, 15) is 13.3 Å². The van der Waals surface area contributed by atoms with Gasteiger partial charge >= 0.3 is 8.25 Å². The molecular weight excluding hydrogens is 457 g/mol. The summed E-state index contributed by atoms with van der Waals surface area (Å²) in [6.45, 7) is -0.929. The van der Waals surface area contributed by atoms with E-state index in [0.717, 1.165) is 22.5 Å². The molecule has 34 heavy (non-hydrogen) atoms. The highest BCUT2D eigenvalue weighted by Gasteiger charge is 2.26. The van der Waals surface area contributed by atoms with Gasteiger partial charge in [-0.1, -0.05) is 60.7 Å². The zero-order chi connectivity index (χ0) is 23.8. The summed E-state index contributed by atoms with van der Waals surface area (Å²) >= 11 is 0. The molecule has 4 aromatic rings. The molecule has 2 heterocycles. The van der Waals surface area contributed by atoms with Crippen molar-refractivity contribution in [2.75, 3.05) is 13.2 Å². The van der Waals surface area contributed by atoms with Gasteiger partial charge in [-0.15, -0.1) is 9.05 Å². The Morgan fingerprint density at radius 2 is 1.06 bits per heavy atom. The summed E-state index contributed by atoms with van der Waals surface area (Å²) in [4.78, 5) is 8.50. The fourth-order valence-corrected chi connectivity index (χ4v) is 3.85. The monoisotopic (exact) mass is 479 g/mol. The van der Waals surface area contributed by atoms with Crippen molar-refractivity contribution < 1.29 is 22.4 Å². The topological polar surface area (TPSA) is 61.3 Å². The van der Waals surface area contributed by atoms with Crippen LogP contribution in [-0.2, 0) is 13.6 Å². The van der Waals surface area contributed by atoms with Crippen molar-refractivity contribution in [1.82, 2.24) is 9.97 Å². The SMILES string of the molecule is O=[P+](OCC(F)c1ccc(-c2ccccn2)cc1)OCC(F)c1ccc(-c2ccccn2)cc1. The molecule has 4 rings (SSSR count). The van der Waals surface area contributed by atoms with Gasteiger partial charge in [-0.05, 0) is 35.4 Å². The normalized spacial score (nSPS) is 13.3. The molecule has 0 aliphatic rings. The Hall–Kier alpha value is -3.38. The molecule has 0 bridgehead atoms. The van der Waals surface area contributed by atoms with E-state index < -0.39 is 33.8 Å². The Morgan fingerprint density at radius 1 is 0.647 bits per heavy atom. The predicted molar refractivity (Wildman–Crippen MR) is 127 cm³/mol. The summed E-state index contributed by atoms with van der Waals surface area (Å²) in [5.41, 5.74) is 4.02. The van der Waals surface area contributed by atoms with Crippen LogP contribution in [0.5, 0.6) is 0 Å². The lowest BCUT2D eigenvalue weighted by atomic mass is 10.1. The predicted octanol–water partition coefficient (Wildman–Crippen LogP) is 7.22. The molecule has 2 aromatic heterocycles. The molecule has 0 saturated carbocycles. The summed E-state index contributed by atoms with van der Waals surface area (Å²) in [5.74, 6) is 0. The van der Waals surface area contributed by atoms with Crippen LogP contribution < -0.4 is 0 Å². The van der Waals surface area contributed by atoms with Crippen LogP contribution in [0, 0.1) is 0 Å². The third-order valence-corrected chi connectivity index (χ3v) is 5.84. The molecule has 172 valence electrons. The lowest BCUT2D eigenvalue weighted by Crippen LogP contribution is -2.03. The van der Waals surface area contributed by atoms with Crippen LogP contribution in [0.3, 0.4) is 0 Å². The Morgan fingerprint density at radius 3 is 1.41 bits per heavy atom. The molecule has 0 amide bonds. The molecule has 0 radical (unpaired) electrons. The highest BCUT2D eigenvalue weighted by molar-refractivity contribution is 7.33. The van der Waals surface area contributed by atoms with Gasteiger partial charge in [-0.2, -0.15) is 0 Å². The minimum Gasteiger partial charge on any atom is -0.256 e. The Labute approximate surface area is 197 Å².